The van der Waals surface area contributed by atoms with Gasteiger partial charge in [0.05, 0.1) is 10.8 Å². The van der Waals surface area contributed by atoms with E-state index < -0.39 is 0 Å². The number of halogens is 1. The van der Waals surface area contributed by atoms with Crippen LogP contribution >= 0.6 is 23.4 Å². The van der Waals surface area contributed by atoms with E-state index in [-0.39, 0.29) is 6.61 Å². The predicted octanol–water partition coefficient (Wildman–Crippen LogP) is 3.99. The van der Waals surface area contributed by atoms with Crippen LogP contribution in [0.4, 0.5) is 0 Å². The molecule has 1 aromatic carbocycles. The quantitative estimate of drug-likeness (QED) is 0.636. The largest absolute Gasteiger partial charge is 0.485 e. The molecule has 0 aliphatic heterocycles. The monoisotopic (exact) mass is 333 g/mol. The third-order valence-corrected chi connectivity index (χ3v) is 3.85. The molecule has 0 aliphatic carbocycles. The van der Waals surface area contributed by atoms with Crippen molar-refractivity contribution in [1.82, 2.24) is 15.1 Å². The van der Waals surface area contributed by atoms with Crippen molar-refractivity contribution < 1.29 is 9.26 Å². The van der Waals surface area contributed by atoms with E-state index in [2.05, 4.69) is 15.1 Å². The van der Waals surface area contributed by atoms with Crippen molar-refractivity contribution >= 4 is 23.4 Å². The van der Waals surface area contributed by atoms with Gasteiger partial charge >= 0.3 is 0 Å². The summed E-state index contributed by atoms with van der Waals surface area (Å²) in [5, 5.41) is 5.47. The highest BCUT2D eigenvalue weighted by Gasteiger charge is 2.08. The van der Waals surface area contributed by atoms with Gasteiger partial charge in [0.25, 0.3) is 0 Å². The fraction of sp³-hybridized carbons (Fsp3) is 0.133. The van der Waals surface area contributed by atoms with Crippen LogP contribution < -0.4 is 4.74 Å². The molecule has 3 aromatic rings. The number of thioether (sulfide) groups is 1. The van der Waals surface area contributed by atoms with Crippen LogP contribution in [0, 0.1) is 0 Å². The fourth-order valence-electron chi connectivity index (χ4n) is 1.65. The molecule has 2 heterocycles. The van der Waals surface area contributed by atoms with Gasteiger partial charge in [-0.3, -0.25) is 0 Å². The second-order valence-electron chi connectivity index (χ2n) is 4.30. The number of ether oxygens (including phenoxy) is 1. The zero-order chi connectivity index (χ0) is 15.2. The molecule has 5 nitrogen and oxygen atoms in total. The third kappa shape index (κ3) is 4.22. The Kier molecular flexibility index (Phi) is 4.92. The van der Waals surface area contributed by atoms with Gasteiger partial charge in [-0.25, -0.2) is 4.98 Å². The number of benzene rings is 1. The first kappa shape index (κ1) is 14.9. The zero-order valence-electron chi connectivity index (χ0n) is 11.5. The van der Waals surface area contributed by atoms with Crippen molar-refractivity contribution in [3.8, 4) is 5.75 Å². The molecule has 3 rings (SSSR count). The van der Waals surface area contributed by atoms with Crippen LogP contribution in [-0.4, -0.2) is 15.1 Å². The summed E-state index contributed by atoms with van der Waals surface area (Å²) in [5.41, 5.74) is 0. The van der Waals surface area contributed by atoms with Crippen LogP contribution in [0.1, 0.15) is 11.7 Å². The number of hydrogen-bond donors (Lipinski definition) is 0. The van der Waals surface area contributed by atoms with Gasteiger partial charge in [-0.2, -0.15) is 4.98 Å². The molecular weight excluding hydrogens is 322 g/mol. The minimum absolute atomic E-state index is 0.249. The average molecular weight is 334 g/mol. The normalized spacial score (nSPS) is 10.6. The van der Waals surface area contributed by atoms with E-state index in [9.17, 15) is 0 Å². The SMILES string of the molecule is Clc1ccc(OCc2noc(CSc3ccccn3)n2)cc1. The summed E-state index contributed by atoms with van der Waals surface area (Å²) in [5.74, 6) is 2.33. The van der Waals surface area contributed by atoms with Crippen molar-refractivity contribution in [2.24, 2.45) is 0 Å². The fourth-order valence-corrected chi connectivity index (χ4v) is 2.48. The van der Waals surface area contributed by atoms with E-state index in [1.807, 2.05) is 18.2 Å². The van der Waals surface area contributed by atoms with E-state index in [1.165, 1.54) is 0 Å². The molecule has 0 fully saturated rings. The van der Waals surface area contributed by atoms with Crippen LogP contribution in [-0.2, 0) is 12.4 Å². The summed E-state index contributed by atoms with van der Waals surface area (Å²) in [6, 6.07) is 12.9. The van der Waals surface area contributed by atoms with E-state index >= 15 is 0 Å². The van der Waals surface area contributed by atoms with Crippen LogP contribution in [0.3, 0.4) is 0 Å². The highest BCUT2D eigenvalue weighted by molar-refractivity contribution is 7.98. The molecule has 0 saturated carbocycles. The third-order valence-electron chi connectivity index (χ3n) is 2.67. The van der Waals surface area contributed by atoms with E-state index in [0.29, 0.717) is 28.2 Å². The lowest BCUT2D eigenvalue weighted by Gasteiger charge is -2.02. The maximum absolute atomic E-state index is 5.81. The standard InChI is InChI=1S/C15H12ClN3O2S/c16-11-4-6-12(7-5-11)20-9-13-18-14(21-19-13)10-22-15-3-1-2-8-17-15/h1-8H,9-10H2. The lowest BCUT2D eigenvalue weighted by atomic mass is 10.3. The number of pyridine rings is 1. The topological polar surface area (TPSA) is 61.0 Å². The van der Waals surface area contributed by atoms with Gasteiger partial charge in [-0.05, 0) is 36.4 Å². The minimum atomic E-state index is 0.249. The first-order valence-corrected chi connectivity index (χ1v) is 7.89. The molecule has 0 aliphatic rings. The average Bonchev–Trinajstić information content (AvgIpc) is 3.01. The Morgan fingerprint density at radius 3 is 2.77 bits per heavy atom. The highest BCUT2D eigenvalue weighted by Crippen LogP contribution is 2.20. The smallest absolute Gasteiger partial charge is 0.237 e. The maximum atomic E-state index is 5.81. The number of nitrogens with zero attached hydrogens (tertiary/aromatic N) is 3. The summed E-state index contributed by atoms with van der Waals surface area (Å²) in [7, 11) is 0. The molecule has 0 bridgehead atoms. The Morgan fingerprint density at radius 1 is 1.14 bits per heavy atom. The number of rotatable bonds is 6. The van der Waals surface area contributed by atoms with Crippen molar-refractivity contribution in [3.05, 3.63) is 65.4 Å². The van der Waals surface area contributed by atoms with Gasteiger partial charge in [0.1, 0.15) is 5.75 Å². The van der Waals surface area contributed by atoms with Gasteiger partial charge < -0.3 is 9.26 Å². The van der Waals surface area contributed by atoms with Crippen LogP contribution in [0.15, 0.2) is 58.2 Å². The van der Waals surface area contributed by atoms with Crippen LogP contribution in [0.25, 0.3) is 0 Å². The minimum Gasteiger partial charge on any atom is -0.485 e. The molecule has 112 valence electrons. The summed E-state index contributed by atoms with van der Waals surface area (Å²) < 4.78 is 10.7. The van der Waals surface area contributed by atoms with E-state index in [1.54, 1.807) is 42.2 Å². The molecule has 0 radical (unpaired) electrons. The van der Waals surface area contributed by atoms with Gasteiger partial charge in [-0.1, -0.05) is 34.6 Å². The van der Waals surface area contributed by atoms with E-state index in [4.69, 9.17) is 20.9 Å². The van der Waals surface area contributed by atoms with E-state index in [0.717, 1.165) is 5.03 Å². The first-order chi connectivity index (χ1) is 10.8. The Hall–Kier alpha value is -2.05. The number of aromatic nitrogens is 3. The second kappa shape index (κ2) is 7.29. The zero-order valence-corrected chi connectivity index (χ0v) is 13.0. The second-order valence-corrected chi connectivity index (χ2v) is 5.74. The Labute approximate surface area is 136 Å². The molecule has 0 unspecified atom stereocenters. The molecule has 0 N–H and O–H groups in total. The summed E-state index contributed by atoms with van der Waals surface area (Å²) in [6.45, 7) is 0.249. The lowest BCUT2D eigenvalue weighted by molar-refractivity contribution is 0.285. The molecule has 2 aromatic heterocycles. The molecule has 0 saturated heterocycles. The first-order valence-electron chi connectivity index (χ1n) is 6.53. The molecule has 0 spiro atoms. The summed E-state index contributed by atoms with van der Waals surface area (Å²) in [4.78, 5) is 8.50. The Morgan fingerprint density at radius 2 is 2.00 bits per heavy atom. The van der Waals surface area contributed by atoms with Gasteiger partial charge in [-0.15, -0.1) is 0 Å². The summed E-state index contributed by atoms with van der Waals surface area (Å²) in [6.07, 6.45) is 1.75. The Balaban J connectivity index is 1.51. The lowest BCUT2D eigenvalue weighted by Crippen LogP contribution is -1.97. The number of hydrogen-bond acceptors (Lipinski definition) is 6. The summed E-state index contributed by atoms with van der Waals surface area (Å²) >= 11 is 7.35. The molecule has 0 atom stereocenters. The highest BCUT2D eigenvalue weighted by atomic mass is 35.5. The predicted molar refractivity (Wildman–Crippen MR) is 83.9 cm³/mol. The molecule has 0 amide bonds. The van der Waals surface area contributed by atoms with Crippen molar-refractivity contribution in [1.29, 1.82) is 0 Å². The Bertz CT molecular complexity index is 719. The maximum Gasteiger partial charge on any atom is 0.237 e. The molecular formula is C15H12ClN3O2S. The molecule has 22 heavy (non-hydrogen) atoms. The van der Waals surface area contributed by atoms with Gasteiger partial charge in [0.2, 0.25) is 11.7 Å². The van der Waals surface area contributed by atoms with Crippen LogP contribution in [0.5, 0.6) is 5.75 Å². The van der Waals surface area contributed by atoms with Gasteiger partial charge in [0.15, 0.2) is 6.61 Å². The van der Waals surface area contributed by atoms with Crippen molar-refractivity contribution in [3.63, 3.8) is 0 Å². The van der Waals surface area contributed by atoms with Crippen molar-refractivity contribution in [2.45, 2.75) is 17.4 Å². The molecule has 7 heteroatoms. The van der Waals surface area contributed by atoms with Gasteiger partial charge in [0, 0.05) is 11.2 Å². The van der Waals surface area contributed by atoms with Crippen LogP contribution in [0.2, 0.25) is 5.02 Å². The van der Waals surface area contributed by atoms with Crippen molar-refractivity contribution in [2.75, 3.05) is 0 Å².